The van der Waals surface area contributed by atoms with Gasteiger partial charge < -0.3 is 9.30 Å². The molecule has 0 aliphatic carbocycles. The number of hydrogen-bond donors (Lipinski definition) is 0. The molecule has 5 heteroatoms. The first kappa shape index (κ1) is 17.9. The lowest BCUT2D eigenvalue weighted by Crippen LogP contribution is -2.63. The summed E-state index contributed by atoms with van der Waals surface area (Å²) in [5.74, 6) is 0.416. The van der Waals surface area contributed by atoms with Crippen LogP contribution in [-0.4, -0.2) is 46.0 Å². The zero-order valence-corrected chi connectivity index (χ0v) is 16.9. The molecule has 0 N–H and O–H groups in total. The summed E-state index contributed by atoms with van der Waals surface area (Å²) in [6.45, 7) is 7.02. The number of carbonyl (C=O) groups excluding carboxylic acids is 2. The van der Waals surface area contributed by atoms with Gasteiger partial charge in [0.15, 0.2) is 0 Å². The molecule has 4 aliphatic heterocycles. The van der Waals surface area contributed by atoms with E-state index in [2.05, 4.69) is 36.3 Å². The smallest absolute Gasteiger partial charge is 0.340 e. The average molecular weight is 380 g/mol. The number of esters is 1. The molecule has 0 spiro atoms. The van der Waals surface area contributed by atoms with Crippen LogP contribution in [0.1, 0.15) is 56.8 Å². The molecule has 1 aromatic carbocycles. The number of benzene rings is 1. The summed E-state index contributed by atoms with van der Waals surface area (Å²) in [4.78, 5) is 27.5. The standard InChI is InChI=1S/C23H28N2O3/c1-23(2,3)25-12-19(18-6-4-5-7-20(18)25)22(27)28-17-10-15-8-14-9-16(11-17)24(15)13-21(14)26/h4-7,12,14-17H,8-11,13H2,1-3H3. The fraction of sp³-hybridized carbons (Fsp3) is 0.565. The highest BCUT2D eigenvalue weighted by molar-refractivity contribution is 6.04. The second-order valence-corrected chi connectivity index (χ2v) is 9.71. The van der Waals surface area contributed by atoms with Crippen LogP contribution in [0.25, 0.3) is 10.9 Å². The maximum Gasteiger partial charge on any atom is 0.340 e. The highest BCUT2D eigenvalue weighted by Gasteiger charge is 2.49. The van der Waals surface area contributed by atoms with E-state index in [-0.39, 0.29) is 23.5 Å². The van der Waals surface area contributed by atoms with Crippen molar-refractivity contribution in [3.05, 3.63) is 36.0 Å². The van der Waals surface area contributed by atoms with Crippen LogP contribution in [0, 0.1) is 5.92 Å². The molecule has 4 bridgehead atoms. The van der Waals surface area contributed by atoms with Gasteiger partial charge in [0.2, 0.25) is 0 Å². The molecule has 2 unspecified atom stereocenters. The first-order valence-corrected chi connectivity index (χ1v) is 10.4. The molecule has 0 radical (unpaired) electrons. The van der Waals surface area contributed by atoms with E-state index in [4.69, 9.17) is 4.74 Å². The van der Waals surface area contributed by atoms with Crippen molar-refractivity contribution in [1.82, 2.24) is 9.47 Å². The van der Waals surface area contributed by atoms with E-state index in [1.54, 1.807) is 0 Å². The Bertz CT molecular complexity index is 938. The lowest BCUT2D eigenvalue weighted by molar-refractivity contribution is -0.145. The Labute approximate surface area is 165 Å². The van der Waals surface area contributed by atoms with Crippen molar-refractivity contribution in [3.63, 3.8) is 0 Å². The highest BCUT2D eigenvalue weighted by atomic mass is 16.5. The van der Waals surface area contributed by atoms with Crippen LogP contribution in [0.4, 0.5) is 0 Å². The summed E-state index contributed by atoms with van der Waals surface area (Å²) in [6, 6.07) is 8.82. The number of ether oxygens (including phenoxy) is 1. The molecule has 0 amide bonds. The van der Waals surface area contributed by atoms with Crippen molar-refractivity contribution in [1.29, 1.82) is 0 Å². The summed E-state index contributed by atoms with van der Waals surface area (Å²) < 4.78 is 8.18. The molecule has 28 heavy (non-hydrogen) atoms. The van der Waals surface area contributed by atoms with Crippen molar-refractivity contribution < 1.29 is 14.3 Å². The molecule has 2 atom stereocenters. The highest BCUT2D eigenvalue weighted by Crippen LogP contribution is 2.42. The second-order valence-electron chi connectivity index (χ2n) is 9.71. The number of rotatable bonds is 2. The molecule has 4 fully saturated rings. The first-order chi connectivity index (χ1) is 13.3. The molecule has 2 aromatic rings. The van der Waals surface area contributed by atoms with E-state index in [0.717, 1.165) is 36.6 Å². The van der Waals surface area contributed by atoms with E-state index < -0.39 is 0 Å². The van der Waals surface area contributed by atoms with Crippen LogP contribution in [0.5, 0.6) is 0 Å². The quantitative estimate of drug-likeness (QED) is 0.745. The number of fused-ring (bicyclic) bond motifs is 2. The van der Waals surface area contributed by atoms with Crippen LogP contribution in [0.2, 0.25) is 0 Å². The molecule has 5 nitrogen and oxygen atoms in total. The largest absolute Gasteiger partial charge is 0.459 e. The predicted octanol–water partition coefficient (Wildman–Crippen LogP) is 3.75. The monoisotopic (exact) mass is 380 g/mol. The zero-order valence-electron chi connectivity index (χ0n) is 16.9. The fourth-order valence-electron chi connectivity index (χ4n) is 5.53. The number of para-hydroxylation sites is 1. The van der Waals surface area contributed by atoms with E-state index in [1.807, 2.05) is 24.4 Å². The summed E-state index contributed by atoms with van der Waals surface area (Å²) in [5.41, 5.74) is 1.60. The van der Waals surface area contributed by atoms with Crippen LogP contribution < -0.4 is 0 Å². The van der Waals surface area contributed by atoms with Crippen molar-refractivity contribution in [3.8, 4) is 0 Å². The Morgan fingerprint density at radius 2 is 1.75 bits per heavy atom. The molecular formula is C23H28N2O3. The third kappa shape index (κ3) is 2.79. The minimum absolute atomic E-state index is 0.0512. The normalized spacial score (nSPS) is 32.0. The van der Waals surface area contributed by atoms with Gasteiger partial charge in [-0.15, -0.1) is 0 Å². The SMILES string of the molecule is CC(C)(C)n1cc(C(=O)OC2CC3CC4CC(C2)N3CC4=O)c2ccccc21. The lowest BCUT2D eigenvalue weighted by Gasteiger charge is -2.54. The summed E-state index contributed by atoms with van der Waals surface area (Å²) in [6.07, 6.45) is 5.47. The number of aromatic nitrogens is 1. The minimum Gasteiger partial charge on any atom is -0.459 e. The maximum atomic E-state index is 13.1. The van der Waals surface area contributed by atoms with Gasteiger partial charge in [-0.05, 0) is 39.7 Å². The Hall–Kier alpha value is -2.14. The van der Waals surface area contributed by atoms with Gasteiger partial charge in [-0.1, -0.05) is 18.2 Å². The molecule has 6 rings (SSSR count). The maximum absolute atomic E-state index is 13.1. The molecule has 0 saturated carbocycles. The number of ketones is 1. The fourth-order valence-corrected chi connectivity index (χ4v) is 5.53. The first-order valence-electron chi connectivity index (χ1n) is 10.4. The van der Waals surface area contributed by atoms with E-state index in [0.29, 0.717) is 30.0 Å². The molecule has 5 heterocycles. The number of Topliss-reactive ketones (excluding diaryl/α,β-unsaturated/α-hetero) is 1. The molecular weight excluding hydrogens is 352 g/mol. The van der Waals surface area contributed by atoms with Gasteiger partial charge in [0.25, 0.3) is 0 Å². The summed E-state index contributed by atoms with van der Waals surface area (Å²) in [5, 5.41) is 0.951. The molecule has 148 valence electrons. The van der Waals surface area contributed by atoms with Crippen molar-refractivity contribution in [2.24, 2.45) is 5.92 Å². The lowest BCUT2D eigenvalue weighted by atomic mass is 9.72. The van der Waals surface area contributed by atoms with Crippen molar-refractivity contribution >= 4 is 22.7 Å². The Balaban J connectivity index is 1.38. The van der Waals surface area contributed by atoms with Crippen molar-refractivity contribution in [2.45, 2.75) is 70.2 Å². The minimum atomic E-state index is -0.222. The van der Waals surface area contributed by atoms with Crippen LogP contribution in [0.3, 0.4) is 0 Å². The van der Waals surface area contributed by atoms with Gasteiger partial charge in [0.1, 0.15) is 11.9 Å². The van der Waals surface area contributed by atoms with Gasteiger partial charge in [0, 0.05) is 53.5 Å². The molecule has 1 aromatic heterocycles. The number of nitrogens with zero attached hydrogens (tertiary/aromatic N) is 2. The Morgan fingerprint density at radius 3 is 2.39 bits per heavy atom. The number of piperidine rings is 4. The van der Waals surface area contributed by atoms with Gasteiger partial charge in [0.05, 0.1) is 12.1 Å². The van der Waals surface area contributed by atoms with Gasteiger partial charge in [-0.3, -0.25) is 9.69 Å². The summed E-state index contributed by atoms with van der Waals surface area (Å²) >= 11 is 0. The number of hydrogen-bond acceptors (Lipinski definition) is 4. The third-order valence-electron chi connectivity index (χ3n) is 6.84. The molecule has 4 aliphatic rings. The van der Waals surface area contributed by atoms with Gasteiger partial charge in [-0.2, -0.15) is 0 Å². The molecule has 4 saturated heterocycles. The van der Waals surface area contributed by atoms with E-state index in [1.165, 1.54) is 0 Å². The Kier molecular flexibility index (Phi) is 3.96. The topological polar surface area (TPSA) is 51.5 Å². The Morgan fingerprint density at radius 1 is 1.07 bits per heavy atom. The van der Waals surface area contributed by atoms with Gasteiger partial charge >= 0.3 is 5.97 Å². The number of carbonyl (C=O) groups is 2. The predicted molar refractivity (Wildman–Crippen MR) is 107 cm³/mol. The van der Waals surface area contributed by atoms with Crippen LogP contribution in [0.15, 0.2) is 30.5 Å². The second kappa shape index (κ2) is 6.18. The van der Waals surface area contributed by atoms with Crippen LogP contribution >= 0.6 is 0 Å². The third-order valence-corrected chi connectivity index (χ3v) is 6.84. The van der Waals surface area contributed by atoms with E-state index in [9.17, 15) is 9.59 Å². The zero-order chi connectivity index (χ0) is 19.6. The van der Waals surface area contributed by atoms with E-state index >= 15 is 0 Å². The average Bonchev–Trinajstić information content (AvgIpc) is 3.02. The van der Waals surface area contributed by atoms with Crippen molar-refractivity contribution in [2.75, 3.05) is 6.54 Å². The van der Waals surface area contributed by atoms with Crippen LogP contribution in [-0.2, 0) is 15.1 Å². The van der Waals surface area contributed by atoms with Gasteiger partial charge in [-0.25, -0.2) is 4.79 Å². The summed E-state index contributed by atoms with van der Waals surface area (Å²) in [7, 11) is 0.